The monoisotopic (exact) mass is 376 g/mol. The van der Waals surface area contributed by atoms with E-state index in [9.17, 15) is 0 Å². The normalized spacial score (nSPS) is 18.2. The van der Waals surface area contributed by atoms with Crippen molar-refractivity contribution in [3.8, 4) is 0 Å². The zero-order valence-electron chi connectivity index (χ0n) is 13.5. The zero-order valence-corrected chi connectivity index (χ0v) is 15.1. The molecule has 0 spiro atoms. The first-order valence-corrected chi connectivity index (χ1v) is 8.85. The smallest absolute Gasteiger partial charge is 0.245 e. The third-order valence-corrected chi connectivity index (χ3v) is 4.56. The summed E-state index contributed by atoms with van der Waals surface area (Å²) >= 11 is 3.52. The SMILES string of the molecule is CCc1nnc(N2CCOC(c3cccc(Br)c3)C2)nc1CC. The van der Waals surface area contributed by atoms with E-state index >= 15 is 0 Å². The van der Waals surface area contributed by atoms with Crippen LogP contribution in [-0.2, 0) is 17.6 Å². The molecule has 1 aliphatic heterocycles. The van der Waals surface area contributed by atoms with Crippen LogP contribution >= 0.6 is 15.9 Å². The van der Waals surface area contributed by atoms with Crippen molar-refractivity contribution < 1.29 is 4.74 Å². The number of aromatic nitrogens is 3. The molecule has 0 aliphatic carbocycles. The first kappa shape index (κ1) is 16.3. The van der Waals surface area contributed by atoms with Crippen molar-refractivity contribution in [2.75, 3.05) is 24.6 Å². The van der Waals surface area contributed by atoms with Crippen LogP contribution in [0.2, 0.25) is 0 Å². The van der Waals surface area contributed by atoms with Crippen molar-refractivity contribution in [3.63, 3.8) is 0 Å². The maximum absolute atomic E-state index is 5.93. The second-order valence-electron chi connectivity index (χ2n) is 5.57. The van der Waals surface area contributed by atoms with Crippen molar-refractivity contribution >= 4 is 21.9 Å². The van der Waals surface area contributed by atoms with E-state index in [1.807, 2.05) is 12.1 Å². The maximum Gasteiger partial charge on any atom is 0.245 e. The number of morpholine rings is 1. The number of hydrogen-bond donors (Lipinski definition) is 0. The molecule has 2 heterocycles. The number of rotatable bonds is 4. The molecule has 1 fully saturated rings. The lowest BCUT2D eigenvalue weighted by atomic mass is 10.1. The van der Waals surface area contributed by atoms with Gasteiger partial charge in [0, 0.05) is 11.0 Å². The molecule has 1 atom stereocenters. The molecule has 5 nitrogen and oxygen atoms in total. The summed E-state index contributed by atoms with van der Waals surface area (Å²) in [6.45, 7) is 6.39. The largest absolute Gasteiger partial charge is 0.370 e. The Hall–Kier alpha value is -1.53. The predicted molar refractivity (Wildman–Crippen MR) is 93.6 cm³/mol. The Labute approximate surface area is 145 Å². The summed E-state index contributed by atoms with van der Waals surface area (Å²) in [5.74, 6) is 0.711. The summed E-state index contributed by atoms with van der Waals surface area (Å²) in [6, 6.07) is 8.25. The molecule has 0 radical (unpaired) electrons. The van der Waals surface area contributed by atoms with Gasteiger partial charge in [-0.2, -0.15) is 5.10 Å². The first-order chi connectivity index (χ1) is 11.2. The summed E-state index contributed by atoms with van der Waals surface area (Å²) in [7, 11) is 0. The van der Waals surface area contributed by atoms with Crippen LogP contribution in [0.15, 0.2) is 28.7 Å². The van der Waals surface area contributed by atoms with Crippen LogP contribution in [0.1, 0.15) is 36.9 Å². The molecule has 0 bridgehead atoms. The van der Waals surface area contributed by atoms with Crippen LogP contribution in [0.5, 0.6) is 0 Å². The van der Waals surface area contributed by atoms with E-state index in [1.165, 1.54) is 0 Å². The molecule has 0 saturated carbocycles. The van der Waals surface area contributed by atoms with Gasteiger partial charge in [-0.1, -0.05) is 41.9 Å². The van der Waals surface area contributed by atoms with E-state index in [2.05, 4.69) is 57.0 Å². The molecule has 1 aromatic heterocycles. The van der Waals surface area contributed by atoms with Gasteiger partial charge in [0.05, 0.1) is 24.5 Å². The quantitative estimate of drug-likeness (QED) is 0.818. The molecule has 1 aromatic carbocycles. The van der Waals surface area contributed by atoms with Crippen molar-refractivity contribution in [1.29, 1.82) is 0 Å². The maximum atomic E-state index is 5.93. The van der Waals surface area contributed by atoms with E-state index in [4.69, 9.17) is 9.72 Å². The lowest BCUT2D eigenvalue weighted by Crippen LogP contribution is -2.39. The summed E-state index contributed by atoms with van der Waals surface area (Å²) in [5, 5.41) is 8.68. The Morgan fingerprint density at radius 3 is 2.78 bits per heavy atom. The Morgan fingerprint density at radius 2 is 2.04 bits per heavy atom. The molecule has 2 aromatic rings. The third kappa shape index (κ3) is 3.70. The van der Waals surface area contributed by atoms with Crippen LogP contribution < -0.4 is 4.90 Å². The average Bonchev–Trinajstić information content (AvgIpc) is 2.61. The number of nitrogens with zero attached hydrogens (tertiary/aromatic N) is 4. The second-order valence-corrected chi connectivity index (χ2v) is 6.49. The molecule has 3 rings (SSSR count). The Morgan fingerprint density at radius 1 is 1.22 bits per heavy atom. The predicted octanol–water partition coefficient (Wildman–Crippen LogP) is 3.34. The molecule has 1 aliphatic rings. The summed E-state index contributed by atoms with van der Waals surface area (Å²) in [5.41, 5.74) is 3.20. The van der Waals surface area contributed by atoms with Gasteiger partial charge in [0.1, 0.15) is 6.10 Å². The van der Waals surface area contributed by atoms with E-state index in [0.29, 0.717) is 12.6 Å². The molecular formula is C17H21BrN4O. The fraction of sp³-hybridized carbons (Fsp3) is 0.471. The van der Waals surface area contributed by atoms with Gasteiger partial charge >= 0.3 is 0 Å². The standard InChI is InChI=1S/C17H21BrN4O/c1-3-14-15(4-2)20-21-17(19-14)22-8-9-23-16(11-22)12-6-5-7-13(18)10-12/h5-7,10,16H,3-4,8-9,11H2,1-2H3. The highest BCUT2D eigenvalue weighted by Crippen LogP contribution is 2.26. The van der Waals surface area contributed by atoms with Gasteiger partial charge in [-0.25, -0.2) is 4.98 Å². The Balaban J connectivity index is 1.81. The number of benzene rings is 1. The number of aryl methyl sites for hydroxylation is 2. The van der Waals surface area contributed by atoms with Crippen molar-refractivity contribution in [1.82, 2.24) is 15.2 Å². The first-order valence-electron chi connectivity index (χ1n) is 8.05. The number of halogens is 1. The van der Waals surface area contributed by atoms with Gasteiger partial charge in [-0.15, -0.1) is 5.10 Å². The molecule has 0 amide bonds. The number of ether oxygens (including phenoxy) is 1. The van der Waals surface area contributed by atoms with Gasteiger partial charge in [0.2, 0.25) is 5.95 Å². The molecule has 122 valence electrons. The highest BCUT2D eigenvalue weighted by molar-refractivity contribution is 9.10. The fourth-order valence-electron chi connectivity index (χ4n) is 2.80. The lowest BCUT2D eigenvalue weighted by Gasteiger charge is -2.33. The van der Waals surface area contributed by atoms with Gasteiger partial charge in [-0.05, 0) is 30.5 Å². The summed E-state index contributed by atoms with van der Waals surface area (Å²) < 4.78 is 7.00. The van der Waals surface area contributed by atoms with E-state index < -0.39 is 0 Å². The second kappa shape index (κ2) is 7.36. The van der Waals surface area contributed by atoms with Crippen molar-refractivity contribution in [2.24, 2.45) is 0 Å². The third-order valence-electron chi connectivity index (χ3n) is 4.07. The minimum absolute atomic E-state index is 0.0285. The highest BCUT2D eigenvalue weighted by atomic mass is 79.9. The molecule has 6 heteroatoms. The minimum atomic E-state index is 0.0285. The Bertz CT molecular complexity index is 679. The zero-order chi connectivity index (χ0) is 16.2. The molecule has 0 N–H and O–H groups in total. The van der Waals surface area contributed by atoms with Crippen LogP contribution in [0.4, 0.5) is 5.95 Å². The molecule has 23 heavy (non-hydrogen) atoms. The molecule has 1 unspecified atom stereocenters. The van der Waals surface area contributed by atoms with Crippen LogP contribution in [-0.4, -0.2) is 34.9 Å². The van der Waals surface area contributed by atoms with Gasteiger partial charge < -0.3 is 9.64 Å². The van der Waals surface area contributed by atoms with Gasteiger partial charge in [0.15, 0.2) is 0 Å². The van der Waals surface area contributed by atoms with Crippen LogP contribution in [0.25, 0.3) is 0 Å². The molecular weight excluding hydrogens is 356 g/mol. The summed E-state index contributed by atoms with van der Waals surface area (Å²) in [4.78, 5) is 6.89. The Kier molecular flexibility index (Phi) is 5.23. The lowest BCUT2D eigenvalue weighted by molar-refractivity contribution is 0.0391. The van der Waals surface area contributed by atoms with E-state index in [1.54, 1.807) is 0 Å². The van der Waals surface area contributed by atoms with Crippen molar-refractivity contribution in [2.45, 2.75) is 32.8 Å². The van der Waals surface area contributed by atoms with Crippen LogP contribution in [0, 0.1) is 0 Å². The van der Waals surface area contributed by atoms with Gasteiger partial charge in [0.25, 0.3) is 0 Å². The molecule has 1 saturated heterocycles. The van der Waals surface area contributed by atoms with E-state index in [0.717, 1.165) is 47.4 Å². The summed E-state index contributed by atoms with van der Waals surface area (Å²) in [6.07, 6.45) is 1.78. The average molecular weight is 377 g/mol. The van der Waals surface area contributed by atoms with Crippen LogP contribution in [0.3, 0.4) is 0 Å². The fourth-order valence-corrected chi connectivity index (χ4v) is 3.22. The van der Waals surface area contributed by atoms with Crippen molar-refractivity contribution in [3.05, 3.63) is 45.7 Å². The highest BCUT2D eigenvalue weighted by Gasteiger charge is 2.24. The van der Waals surface area contributed by atoms with Gasteiger partial charge in [-0.3, -0.25) is 0 Å². The topological polar surface area (TPSA) is 51.1 Å². The van der Waals surface area contributed by atoms with E-state index in [-0.39, 0.29) is 6.10 Å². The number of hydrogen-bond acceptors (Lipinski definition) is 5. The number of anilines is 1. The minimum Gasteiger partial charge on any atom is -0.370 e.